The van der Waals surface area contributed by atoms with Crippen molar-refractivity contribution < 1.29 is 22.7 Å². The monoisotopic (exact) mass is 450 g/mol. The zero-order valence-corrected chi connectivity index (χ0v) is 18.0. The lowest BCUT2D eigenvalue weighted by Gasteiger charge is -2.11. The summed E-state index contributed by atoms with van der Waals surface area (Å²) in [7, 11) is 0. The molecule has 2 aromatic carbocycles. The number of rotatable bonds is 8. The molecule has 0 spiro atoms. The average Bonchev–Trinajstić information content (AvgIpc) is 3.14. The van der Waals surface area contributed by atoms with Gasteiger partial charge in [-0.2, -0.15) is 0 Å². The van der Waals surface area contributed by atoms with Crippen LogP contribution in [0.5, 0.6) is 5.75 Å². The number of benzene rings is 2. The summed E-state index contributed by atoms with van der Waals surface area (Å²) < 4.78 is 47.7. The lowest BCUT2D eigenvalue weighted by atomic mass is 10.1. The number of halogens is 3. The lowest BCUT2D eigenvalue weighted by molar-refractivity contribution is -0.113. The molecule has 0 aliphatic carbocycles. The molecule has 0 unspecified atom stereocenters. The van der Waals surface area contributed by atoms with Crippen LogP contribution < -0.4 is 10.1 Å². The number of thioether (sulfide) groups is 1. The smallest absolute Gasteiger partial charge is 0.234 e. The van der Waals surface area contributed by atoms with Gasteiger partial charge in [0.15, 0.2) is 28.4 Å². The lowest BCUT2D eigenvalue weighted by Crippen LogP contribution is -2.16. The van der Waals surface area contributed by atoms with E-state index in [0.29, 0.717) is 17.5 Å². The normalized spacial score (nSPS) is 10.9. The van der Waals surface area contributed by atoms with Gasteiger partial charge in [0.1, 0.15) is 12.4 Å². The van der Waals surface area contributed by atoms with Crippen LogP contribution in [0.1, 0.15) is 23.9 Å². The van der Waals surface area contributed by atoms with Gasteiger partial charge in [-0.3, -0.25) is 4.79 Å². The zero-order valence-electron chi connectivity index (χ0n) is 17.2. The third-order valence-electron chi connectivity index (χ3n) is 4.44. The fourth-order valence-corrected chi connectivity index (χ4v) is 3.71. The molecule has 0 aliphatic heterocycles. The highest BCUT2D eigenvalue weighted by Gasteiger charge is 2.17. The van der Waals surface area contributed by atoms with Gasteiger partial charge in [-0.05, 0) is 44.5 Å². The third kappa shape index (κ3) is 5.38. The van der Waals surface area contributed by atoms with Crippen LogP contribution in [-0.4, -0.2) is 26.4 Å². The summed E-state index contributed by atoms with van der Waals surface area (Å²) in [5.41, 5.74) is 1.73. The minimum atomic E-state index is -1.63. The Labute approximate surface area is 181 Å². The van der Waals surface area contributed by atoms with E-state index in [0.717, 1.165) is 40.8 Å². The number of hydrogen-bond acceptors (Lipinski definition) is 5. The molecule has 1 heterocycles. The van der Waals surface area contributed by atoms with Crippen LogP contribution in [0.2, 0.25) is 0 Å². The van der Waals surface area contributed by atoms with Gasteiger partial charge in [-0.25, -0.2) is 13.2 Å². The largest absolute Gasteiger partial charge is 0.485 e. The Morgan fingerprint density at radius 1 is 1.13 bits per heavy atom. The first-order chi connectivity index (χ1) is 14.8. The highest BCUT2D eigenvalue weighted by molar-refractivity contribution is 7.99. The highest BCUT2D eigenvalue weighted by Crippen LogP contribution is 2.23. The molecule has 0 saturated heterocycles. The third-order valence-corrected chi connectivity index (χ3v) is 5.41. The maximum Gasteiger partial charge on any atom is 0.234 e. The Morgan fingerprint density at radius 2 is 1.90 bits per heavy atom. The van der Waals surface area contributed by atoms with Crippen LogP contribution in [0.25, 0.3) is 0 Å². The number of anilines is 1. The molecule has 0 saturated carbocycles. The van der Waals surface area contributed by atoms with E-state index in [1.807, 2.05) is 39.0 Å². The number of aromatic nitrogens is 3. The number of nitrogens with zero attached hydrogens (tertiary/aromatic N) is 3. The molecule has 0 bridgehead atoms. The van der Waals surface area contributed by atoms with Gasteiger partial charge < -0.3 is 14.6 Å². The van der Waals surface area contributed by atoms with Crippen molar-refractivity contribution in [2.45, 2.75) is 39.1 Å². The van der Waals surface area contributed by atoms with Gasteiger partial charge in [0.05, 0.1) is 11.4 Å². The molecule has 10 heteroatoms. The van der Waals surface area contributed by atoms with Crippen molar-refractivity contribution in [1.82, 2.24) is 14.8 Å². The van der Waals surface area contributed by atoms with Crippen LogP contribution in [0, 0.1) is 31.3 Å². The Morgan fingerprint density at radius 3 is 2.61 bits per heavy atom. The minimum absolute atomic E-state index is 0.117. The molecule has 6 nitrogen and oxygen atoms in total. The van der Waals surface area contributed by atoms with Crippen molar-refractivity contribution in [3.8, 4) is 5.75 Å². The standard InChI is InChI=1S/C21H21F3N4O2S/c1-4-28-17(10-30-16-8-5-12(2)9-13(16)3)26-27-21(28)31-11-18(29)25-15-7-6-14(22)19(23)20(15)24/h5-9H,4,10-11H2,1-3H3,(H,25,29). The van der Waals surface area contributed by atoms with Crippen molar-refractivity contribution in [2.24, 2.45) is 0 Å². The van der Waals surface area contributed by atoms with E-state index in [9.17, 15) is 18.0 Å². The molecular formula is C21H21F3N4O2S. The SMILES string of the molecule is CCn1c(COc2ccc(C)cc2C)nnc1SCC(=O)Nc1ccc(F)c(F)c1F. The van der Waals surface area contributed by atoms with Crippen molar-refractivity contribution >= 4 is 23.4 Å². The van der Waals surface area contributed by atoms with E-state index < -0.39 is 29.0 Å². The number of nitrogens with one attached hydrogen (secondary N) is 1. The number of carbonyl (C=O) groups is 1. The molecule has 0 radical (unpaired) electrons. The first-order valence-electron chi connectivity index (χ1n) is 9.48. The van der Waals surface area contributed by atoms with Crippen molar-refractivity contribution in [3.05, 3.63) is 64.7 Å². The van der Waals surface area contributed by atoms with Crippen LogP contribution in [0.3, 0.4) is 0 Å². The van der Waals surface area contributed by atoms with Crippen molar-refractivity contribution in [2.75, 3.05) is 11.1 Å². The fraction of sp³-hybridized carbons (Fsp3) is 0.286. The van der Waals surface area contributed by atoms with Crippen molar-refractivity contribution in [1.29, 1.82) is 0 Å². The van der Waals surface area contributed by atoms with E-state index in [2.05, 4.69) is 15.5 Å². The molecule has 3 rings (SSSR count). The summed E-state index contributed by atoms with van der Waals surface area (Å²) in [5, 5.41) is 10.9. The van der Waals surface area contributed by atoms with Crippen LogP contribution in [0.4, 0.5) is 18.9 Å². The topological polar surface area (TPSA) is 69.0 Å². The molecule has 164 valence electrons. The molecule has 0 atom stereocenters. The molecular weight excluding hydrogens is 429 g/mol. The van der Waals surface area contributed by atoms with Gasteiger partial charge in [0.25, 0.3) is 0 Å². The summed E-state index contributed by atoms with van der Waals surface area (Å²) in [6.45, 7) is 6.64. The fourth-order valence-electron chi connectivity index (χ4n) is 2.89. The highest BCUT2D eigenvalue weighted by atomic mass is 32.2. The Bertz CT molecular complexity index is 1100. The summed E-state index contributed by atoms with van der Waals surface area (Å²) in [5.74, 6) is -3.76. The summed E-state index contributed by atoms with van der Waals surface area (Å²) in [4.78, 5) is 12.1. The summed E-state index contributed by atoms with van der Waals surface area (Å²) >= 11 is 1.09. The molecule has 3 aromatic rings. The maximum atomic E-state index is 13.7. The van der Waals surface area contributed by atoms with E-state index in [1.165, 1.54) is 0 Å². The summed E-state index contributed by atoms with van der Waals surface area (Å²) in [6.07, 6.45) is 0. The first kappa shape index (κ1) is 22.7. The second-order valence-electron chi connectivity index (χ2n) is 6.76. The summed E-state index contributed by atoms with van der Waals surface area (Å²) in [6, 6.07) is 7.59. The average molecular weight is 450 g/mol. The van der Waals surface area contributed by atoms with E-state index in [-0.39, 0.29) is 12.4 Å². The van der Waals surface area contributed by atoms with Gasteiger partial charge in [-0.1, -0.05) is 29.5 Å². The molecule has 1 N–H and O–H groups in total. The predicted octanol–water partition coefficient (Wildman–Crippen LogP) is 4.64. The van der Waals surface area contributed by atoms with Crippen LogP contribution in [0.15, 0.2) is 35.5 Å². The second kappa shape index (κ2) is 9.86. The van der Waals surface area contributed by atoms with Crippen LogP contribution >= 0.6 is 11.8 Å². The Kier molecular flexibility index (Phi) is 7.21. The quantitative estimate of drug-likeness (QED) is 0.400. The van der Waals surface area contributed by atoms with Gasteiger partial charge >= 0.3 is 0 Å². The molecule has 31 heavy (non-hydrogen) atoms. The molecule has 1 aromatic heterocycles. The first-order valence-corrected chi connectivity index (χ1v) is 10.5. The number of aryl methyl sites for hydroxylation is 2. The van der Waals surface area contributed by atoms with Crippen molar-refractivity contribution in [3.63, 3.8) is 0 Å². The second-order valence-corrected chi connectivity index (χ2v) is 7.70. The van der Waals surface area contributed by atoms with E-state index in [1.54, 1.807) is 4.57 Å². The number of hydrogen-bond donors (Lipinski definition) is 1. The number of amides is 1. The van der Waals surface area contributed by atoms with Gasteiger partial charge in [0.2, 0.25) is 5.91 Å². The zero-order chi connectivity index (χ0) is 22.5. The van der Waals surface area contributed by atoms with E-state index in [4.69, 9.17) is 4.74 Å². The van der Waals surface area contributed by atoms with Crippen LogP contribution in [-0.2, 0) is 17.9 Å². The Hall–Kier alpha value is -3.01. The van der Waals surface area contributed by atoms with Gasteiger partial charge in [-0.15, -0.1) is 10.2 Å². The Balaban J connectivity index is 1.61. The minimum Gasteiger partial charge on any atom is -0.485 e. The maximum absolute atomic E-state index is 13.7. The molecule has 1 amide bonds. The number of carbonyl (C=O) groups excluding carboxylic acids is 1. The molecule has 0 fully saturated rings. The predicted molar refractivity (Wildman–Crippen MR) is 112 cm³/mol. The number of ether oxygens (including phenoxy) is 1. The van der Waals surface area contributed by atoms with Gasteiger partial charge in [0, 0.05) is 6.54 Å². The molecule has 0 aliphatic rings. The van der Waals surface area contributed by atoms with E-state index >= 15 is 0 Å².